The third-order valence-electron chi connectivity index (χ3n) is 4.09. The molecule has 0 atom stereocenters. The van der Waals surface area contributed by atoms with E-state index >= 15 is 0 Å². The Labute approximate surface area is 145 Å². The molecule has 6 nitrogen and oxygen atoms in total. The summed E-state index contributed by atoms with van der Waals surface area (Å²) in [6.45, 7) is 1.79. The number of carbonyl (C=O) groups excluding carboxylic acids is 1. The maximum Gasteiger partial charge on any atom is 0.229 e. The first kappa shape index (κ1) is 16.7. The highest BCUT2D eigenvalue weighted by atomic mass is 32.1. The maximum atomic E-state index is 12.3. The van der Waals surface area contributed by atoms with Gasteiger partial charge in [0.05, 0.1) is 19.9 Å². The minimum Gasteiger partial charge on any atom is -0.497 e. The smallest absolute Gasteiger partial charge is 0.229 e. The van der Waals surface area contributed by atoms with Crippen molar-refractivity contribution in [2.75, 3.05) is 32.6 Å². The van der Waals surface area contributed by atoms with Gasteiger partial charge in [0.1, 0.15) is 11.5 Å². The lowest BCUT2D eigenvalue weighted by Crippen LogP contribution is -2.34. The van der Waals surface area contributed by atoms with Crippen molar-refractivity contribution in [2.24, 2.45) is 5.92 Å². The summed E-state index contributed by atoms with van der Waals surface area (Å²) in [5.41, 5.74) is 1.68. The van der Waals surface area contributed by atoms with Crippen molar-refractivity contribution >= 4 is 22.4 Å². The number of carbonyl (C=O) groups is 1. The zero-order valence-electron chi connectivity index (χ0n) is 13.8. The fourth-order valence-corrected chi connectivity index (χ4v) is 3.43. The number of rotatable bonds is 5. The van der Waals surface area contributed by atoms with Gasteiger partial charge in [0.25, 0.3) is 0 Å². The number of methoxy groups -OCH3 is 2. The molecule has 0 spiro atoms. The highest BCUT2D eigenvalue weighted by molar-refractivity contribution is 7.14. The van der Waals surface area contributed by atoms with Crippen LogP contribution in [0.3, 0.4) is 0 Å². The lowest BCUT2D eigenvalue weighted by molar-refractivity contribution is -0.120. The van der Waals surface area contributed by atoms with Gasteiger partial charge in [-0.2, -0.15) is 0 Å². The summed E-state index contributed by atoms with van der Waals surface area (Å²) in [7, 11) is 3.23. The quantitative estimate of drug-likeness (QED) is 0.870. The molecule has 1 aliphatic rings. The summed E-state index contributed by atoms with van der Waals surface area (Å²) in [5, 5.41) is 8.74. The molecule has 128 valence electrons. The van der Waals surface area contributed by atoms with Crippen molar-refractivity contribution in [1.82, 2.24) is 10.3 Å². The van der Waals surface area contributed by atoms with Crippen LogP contribution in [0, 0.1) is 5.92 Å². The third-order valence-corrected chi connectivity index (χ3v) is 4.85. The van der Waals surface area contributed by atoms with E-state index in [9.17, 15) is 4.79 Å². The molecule has 1 aromatic heterocycles. The Hall–Kier alpha value is -2.12. The highest BCUT2D eigenvalue weighted by Crippen LogP contribution is 2.31. The Balaban J connectivity index is 1.74. The van der Waals surface area contributed by atoms with Crippen LogP contribution in [0.1, 0.15) is 12.8 Å². The second kappa shape index (κ2) is 7.63. The first-order valence-electron chi connectivity index (χ1n) is 7.90. The molecule has 0 unspecified atom stereocenters. The van der Waals surface area contributed by atoms with E-state index in [1.807, 2.05) is 23.6 Å². The van der Waals surface area contributed by atoms with Crippen molar-refractivity contribution in [3.05, 3.63) is 23.6 Å². The molecule has 2 N–H and O–H groups in total. The second-order valence-electron chi connectivity index (χ2n) is 5.65. The van der Waals surface area contributed by atoms with Gasteiger partial charge >= 0.3 is 0 Å². The molecule has 1 saturated heterocycles. The van der Waals surface area contributed by atoms with Gasteiger partial charge in [-0.25, -0.2) is 4.98 Å². The van der Waals surface area contributed by atoms with Gasteiger partial charge in [-0.15, -0.1) is 11.3 Å². The maximum absolute atomic E-state index is 12.3. The lowest BCUT2D eigenvalue weighted by atomic mass is 9.97. The number of piperidine rings is 1. The van der Waals surface area contributed by atoms with Gasteiger partial charge < -0.3 is 20.1 Å². The van der Waals surface area contributed by atoms with Crippen LogP contribution in [0.15, 0.2) is 23.6 Å². The van der Waals surface area contributed by atoms with Crippen LogP contribution in [0.25, 0.3) is 11.3 Å². The van der Waals surface area contributed by atoms with Gasteiger partial charge in [-0.3, -0.25) is 4.79 Å². The average Bonchev–Trinajstić information content (AvgIpc) is 3.10. The van der Waals surface area contributed by atoms with Gasteiger partial charge in [0.15, 0.2) is 5.13 Å². The third kappa shape index (κ3) is 3.85. The summed E-state index contributed by atoms with van der Waals surface area (Å²) in [6, 6.07) is 5.61. The van der Waals surface area contributed by atoms with Gasteiger partial charge in [0, 0.05) is 22.9 Å². The van der Waals surface area contributed by atoms with E-state index in [0.717, 1.165) is 37.2 Å². The Morgan fingerprint density at radius 1 is 1.21 bits per heavy atom. The Kier molecular flexibility index (Phi) is 5.32. The summed E-state index contributed by atoms with van der Waals surface area (Å²) in [6.07, 6.45) is 1.74. The largest absolute Gasteiger partial charge is 0.497 e. The number of thiazole rings is 1. The van der Waals surface area contributed by atoms with Crippen LogP contribution < -0.4 is 20.1 Å². The summed E-state index contributed by atoms with van der Waals surface area (Å²) < 4.78 is 10.6. The van der Waals surface area contributed by atoms with Gasteiger partial charge in [-0.05, 0) is 38.1 Å². The summed E-state index contributed by atoms with van der Waals surface area (Å²) in [5.74, 6) is 1.53. The van der Waals surface area contributed by atoms with Crippen molar-refractivity contribution < 1.29 is 14.3 Å². The number of anilines is 1. The van der Waals surface area contributed by atoms with Crippen molar-refractivity contribution in [3.63, 3.8) is 0 Å². The predicted octanol–water partition coefficient (Wildman–Crippen LogP) is 2.77. The van der Waals surface area contributed by atoms with Crippen LogP contribution >= 0.6 is 11.3 Å². The topological polar surface area (TPSA) is 72.5 Å². The van der Waals surface area contributed by atoms with E-state index in [0.29, 0.717) is 16.6 Å². The summed E-state index contributed by atoms with van der Waals surface area (Å²) >= 11 is 1.42. The normalized spacial score (nSPS) is 15.1. The molecule has 1 aliphatic heterocycles. The molecule has 0 radical (unpaired) electrons. The molecule has 1 amide bonds. The van der Waals surface area contributed by atoms with Crippen LogP contribution in [-0.4, -0.2) is 38.2 Å². The zero-order chi connectivity index (χ0) is 16.9. The number of hydrogen-bond donors (Lipinski definition) is 2. The van der Waals surface area contributed by atoms with Crippen LogP contribution in [0.2, 0.25) is 0 Å². The Bertz CT molecular complexity index is 689. The molecule has 1 fully saturated rings. The number of nitrogens with zero attached hydrogens (tertiary/aromatic N) is 1. The molecule has 0 saturated carbocycles. The molecular formula is C17H21N3O3S. The molecular weight excluding hydrogens is 326 g/mol. The first-order chi connectivity index (χ1) is 11.7. The monoisotopic (exact) mass is 347 g/mol. The molecule has 1 aromatic carbocycles. The van der Waals surface area contributed by atoms with Crippen LogP contribution in [-0.2, 0) is 4.79 Å². The van der Waals surface area contributed by atoms with E-state index in [1.165, 1.54) is 11.3 Å². The molecule has 0 aliphatic carbocycles. The minimum absolute atomic E-state index is 0.0561. The standard InChI is InChI=1S/C17H21N3O3S/c1-22-13-7-12(8-14(9-13)23-2)15-10-24-17(19-15)20-16(21)11-3-5-18-6-4-11/h7-11,18H,3-6H2,1-2H3,(H,19,20,21). The predicted molar refractivity (Wildman–Crippen MR) is 94.9 cm³/mol. The molecule has 2 heterocycles. The van der Waals surface area contributed by atoms with E-state index in [4.69, 9.17) is 9.47 Å². The number of ether oxygens (including phenoxy) is 2. The van der Waals surface area contributed by atoms with E-state index in [2.05, 4.69) is 15.6 Å². The molecule has 3 rings (SSSR count). The van der Waals surface area contributed by atoms with Crippen LogP contribution in [0.4, 0.5) is 5.13 Å². The Morgan fingerprint density at radius 3 is 2.50 bits per heavy atom. The SMILES string of the molecule is COc1cc(OC)cc(-c2csc(NC(=O)C3CCNCC3)n2)c1. The number of benzene rings is 1. The molecule has 7 heteroatoms. The van der Waals surface area contributed by atoms with Gasteiger partial charge in [0.2, 0.25) is 5.91 Å². The first-order valence-corrected chi connectivity index (χ1v) is 8.78. The second-order valence-corrected chi connectivity index (χ2v) is 6.51. The number of amides is 1. The van der Waals surface area contributed by atoms with Crippen molar-refractivity contribution in [1.29, 1.82) is 0 Å². The van der Waals surface area contributed by atoms with E-state index < -0.39 is 0 Å². The van der Waals surface area contributed by atoms with E-state index in [1.54, 1.807) is 14.2 Å². The molecule has 2 aromatic rings. The number of nitrogens with one attached hydrogen (secondary N) is 2. The average molecular weight is 347 g/mol. The molecule has 24 heavy (non-hydrogen) atoms. The van der Waals surface area contributed by atoms with E-state index in [-0.39, 0.29) is 11.8 Å². The van der Waals surface area contributed by atoms with Crippen LogP contribution in [0.5, 0.6) is 11.5 Å². The highest BCUT2D eigenvalue weighted by Gasteiger charge is 2.21. The number of hydrogen-bond acceptors (Lipinski definition) is 6. The minimum atomic E-state index is 0.0561. The number of aromatic nitrogens is 1. The fraction of sp³-hybridized carbons (Fsp3) is 0.412. The molecule has 0 bridgehead atoms. The lowest BCUT2D eigenvalue weighted by Gasteiger charge is -2.21. The van der Waals surface area contributed by atoms with Crippen molar-refractivity contribution in [3.8, 4) is 22.8 Å². The van der Waals surface area contributed by atoms with Crippen molar-refractivity contribution in [2.45, 2.75) is 12.8 Å². The zero-order valence-corrected chi connectivity index (χ0v) is 14.6. The fourth-order valence-electron chi connectivity index (χ4n) is 2.71. The van der Waals surface area contributed by atoms with Gasteiger partial charge in [-0.1, -0.05) is 0 Å². The Morgan fingerprint density at radius 2 is 1.88 bits per heavy atom. The summed E-state index contributed by atoms with van der Waals surface area (Å²) in [4.78, 5) is 16.8.